The number of nitrogens with zero attached hydrogens (tertiary/aromatic N) is 2. The Balaban J connectivity index is 1.28. The normalized spacial score (nSPS) is 14.4. The van der Waals surface area contributed by atoms with E-state index in [1.807, 2.05) is 42.5 Å². The molecule has 5 rings (SSSR count). The Bertz CT molecular complexity index is 1410. The Kier molecular flexibility index (Phi) is 6.32. The number of hydrogen-bond acceptors (Lipinski definition) is 6. The summed E-state index contributed by atoms with van der Waals surface area (Å²) in [6.07, 6.45) is 1.73. The van der Waals surface area contributed by atoms with Gasteiger partial charge in [-0.15, -0.1) is 11.3 Å². The number of sulfonamides is 1. The third kappa shape index (κ3) is 4.68. The molecule has 0 spiro atoms. The lowest BCUT2D eigenvalue weighted by molar-refractivity contribution is -0.118. The van der Waals surface area contributed by atoms with E-state index in [1.54, 1.807) is 35.6 Å². The largest absolute Gasteiger partial charge is 0.483 e. The molecule has 174 valence electrons. The van der Waals surface area contributed by atoms with Crippen molar-refractivity contribution in [3.05, 3.63) is 72.8 Å². The molecule has 1 N–H and O–H groups in total. The Hall–Kier alpha value is -3.27. The first-order valence-corrected chi connectivity index (χ1v) is 13.2. The van der Waals surface area contributed by atoms with E-state index in [4.69, 9.17) is 4.74 Å². The maximum atomic E-state index is 12.8. The molecule has 0 unspecified atom stereocenters. The summed E-state index contributed by atoms with van der Waals surface area (Å²) in [6, 6.07) is 21.7. The van der Waals surface area contributed by atoms with Gasteiger partial charge in [0.15, 0.2) is 6.61 Å². The van der Waals surface area contributed by atoms with Crippen LogP contribution in [-0.2, 0) is 14.8 Å². The molecule has 2 heterocycles. The highest BCUT2D eigenvalue weighted by atomic mass is 32.2. The smallest absolute Gasteiger partial charge is 0.262 e. The highest BCUT2D eigenvalue weighted by Crippen LogP contribution is 2.35. The van der Waals surface area contributed by atoms with Crippen LogP contribution in [0.5, 0.6) is 5.75 Å². The Labute approximate surface area is 202 Å². The molecule has 0 saturated carbocycles. The molecule has 1 saturated heterocycles. The van der Waals surface area contributed by atoms with Gasteiger partial charge in [0.25, 0.3) is 5.91 Å². The highest BCUT2D eigenvalue weighted by molar-refractivity contribution is 7.89. The highest BCUT2D eigenvalue weighted by Gasteiger charge is 2.27. The number of para-hydroxylation sites is 2. The molecule has 4 aromatic rings. The van der Waals surface area contributed by atoms with Crippen LogP contribution in [0.15, 0.2) is 77.7 Å². The van der Waals surface area contributed by atoms with E-state index < -0.39 is 10.0 Å². The lowest BCUT2D eigenvalue weighted by Gasteiger charge is -2.16. The van der Waals surface area contributed by atoms with Crippen LogP contribution in [0.4, 0.5) is 5.69 Å². The number of ether oxygens (including phenoxy) is 1. The predicted molar refractivity (Wildman–Crippen MR) is 134 cm³/mol. The average molecular weight is 494 g/mol. The van der Waals surface area contributed by atoms with Gasteiger partial charge in [-0.1, -0.05) is 30.3 Å². The Morgan fingerprint density at radius 1 is 1.00 bits per heavy atom. The van der Waals surface area contributed by atoms with Crippen molar-refractivity contribution in [2.75, 3.05) is 25.0 Å². The molecule has 0 bridgehead atoms. The van der Waals surface area contributed by atoms with Crippen molar-refractivity contribution in [3.63, 3.8) is 0 Å². The third-order valence-electron chi connectivity index (χ3n) is 5.59. The molecule has 0 radical (unpaired) electrons. The molecule has 1 amide bonds. The van der Waals surface area contributed by atoms with E-state index in [1.165, 1.54) is 10.4 Å². The molecule has 0 atom stereocenters. The van der Waals surface area contributed by atoms with Gasteiger partial charge in [0, 0.05) is 18.8 Å². The molecule has 3 aromatic carbocycles. The van der Waals surface area contributed by atoms with Gasteiger partial charge in [-0.25, -0.2) is 13.4 Å². The number of benzene rings is 3. The minimum atomic E-state index is -3.55. The number of hydrogen-bond donors (Lipinski definition) is 1. The second-order valence-corrected chi connectivity index (χ2v) is 10.9. The number of carbonyl (C=O) groups is 1. The van der Waals surface area contributed by atoms with Crippen LogP contribution in [-0.4, -0.2) is 43.3 Å². The number of anilines is 1. The van der Waals surface area contributed by atoms with Crippen LogP contribution in [0.25, 0.3) is 20.8 Å². The number of amides is 1. The van der Waals surface area contributed by atoms with Crippen LogP contribution in [0.3, 0.4) is 0 Å². The standard InChI is InChI=1S/C25H23N3O4S2/c29-24(26-18-8-7-9-19(16-18)34(30,31)28-14-5-6-15-28)17-32-22-12-3-1-10-20(22)25-27-21-11-2-4-13-23(21)33-25/h1-4,7-13,16H,5-6,14-15,17H2,(H,26,29). The summed E-state index contributed by atoms with van der Waals surface area (Å²) in [5.41, 5.74) is 2.14. The summed E-state index contributed by atoms with van der Waals surface area (Å²) in [5, 5.41) is 3.55. The molecule has 34 heavy (non-hydrogen) atoms. The average Bonchev–Trinajstić information content (AvgIpc) is 3.54. The summed E-state index contributed by atoms with van der Waals surface area (Å²) in [6.45, 7) is 0.840. The molecule has 1 fully saturated rings. The molecular weight excluding hydrogens is 470 g/mol. The second-order valence-electron chi connectivity index (χ2n) is 7.96. The monoisotopic (exact) mass is 493 g/mol. The number of fused-ring (bicyclic) bond motifs is 1. The summed E-state index contributed by atoms with van der Waals surface area (Å²) >= 11 is 1.56. The maximum Gasteiger partial charge on any atom is 0.262 e. The second kappa shape index (κ2) is 9.54. The SMILES string of the molecule is O=C(COc1ccccc1-c1nc2ccccc2s1)Nc1cccc(S(=O)(=O)N2CCCC2)c1. The zero-order chi connectivity index (χ0) is 23.5. The van der Waals surface area contributed by atoms with Gasteiger partial charge in [-0.05, 0) is 55.3 Å². The number of carbonyl (C=O) groups excluding carboxylic acids is 1. The van der Waals surface area contributed by atoms with Crippen LogP contribution >= 0.6 is 11.3 Å². The zero-order valence-corrected chi connectivity index (χ0v) is 19.9. The molecule has 0 aliphatic carbocycles. The van der Waals surface area contributed by atoms with Gasteiger partial charge >= 0.3 is 0 Å². The van der Waals surface area contributed by atoms with Crippen LogP contribution in [0.1, 0.15) is 12.8 Å². The lowest BCUT2D eigenvalue weighted by atomic mass is 10.2. The number of aromatic nitrogens is 1. The fourth-order valence-corrected chi connectivity index (χ4v) is 6.47. The van der Waals surface area contributed by atoms with Gasteiger partial charge < -0.3 is 10.1 Å². The molecule has 7 nitrogen and oxygen atoms in total. The Morgan fingerprint density at radius 3 is 2.59 bits per heavy atom. The lowest BCUT2D eigenvalue weighted by Crippen LogP contribution is -2.28. The summed E-state index contributed by atoms with van der Waals surface area (Å²) < 4.78 is 34.0. The van der Waals surface area contributed by atoms with Crippen LogP contribution < -0.4 is 10.1 Å². The number of rotatable bonds is 7. The van der Waals surface area contributed by atoms with E-state index >= 15 is 0 Å². The summed E-state index contributed by atoms with van der Waals surface area (Å²) in [7, 11) is -3.55. The summed E-state index contributed by atoms with van der Waals surface area (Å²) in [4.78, 5) is 17.4. The van der Waals surface area contributed by atoms with Crippen molar-refractivity contribution in [3.8, 4) is 16.3 Å². The predicted octanol–water partition coefficient (Wildman–Crippen LogP) is 4.77. The quantitative estimate of drug-likeness (QED) is 0.401. The van der Waals surface area contributed by atoms with Gasteiger partial charge in [-0.2, -0.15) is 4.31 Å². The van der Waals surface area contributed by atoms with Gasteiger partial charge in [0.05, 0.1) is 20.7 Å². The maximum absolute atomic E-state index is 12.8. The van der Waals surface area contributed by atoms with E-state index in [-0.39, 0.29) is 17.4 Å². The van der Waals surface area contributed by atoms with Crippen molar-refractivity contribution >= 4 is 43.2 Å². The first-order valence-electron chi connectivity index (χ1n) is 11.0. The first-order chi connectivity index (χ1) is 16.5. The van der Waals surface area contributed by atoms with Crippen molar-refractivity contribution in [1.82, 2.24) is 9.29 Å². The first kappa shape index (κ1) is 22.5. The van der Waals surface area contributed by atoms with E-state index in [2.05, 4.69) is 10.3 Å². The van der Waals surface area contributed by atoms with Gasteiger partial charge in [0.2, 0.25) is 10.0 Å². The minimum absolute atomic E-state index is 0.175. The number of nitrogens with one attached hydrogen (secondary N) is 1. The minimum Gasteiger partial charge on any atom is -0.483 e. The zero-order valence-electron chi connectivity index (χ0n) is 18.3. The van der Waals surface area contributed by atoms with E-state index in [9.17, 15) is 13.2 Å². The van der Waals surface area contributed by atoms with Crippen molar-refractivity contribution in [2.24, 2.45) is 0 Å². The Morgan fingerprint density at radius 2 is 1.76 bits per heavy atom. The summed E-state index contributed by atoms with van der Waals surface area (Å²) in [5.74, 6) is 0.178. The molecular formula is C25H23N3O4S2. The van der Waals surface area contributed by atoms with Gasteiger partial charge in [-0.3, -0.25) is 4.79 Å². The third-order valence-corrected chi connectivity index (χ3v) is 8.56. The molecule has 1 aliphatic heterocycles. The molecule has 1 aromatic heterocycles. The van der Waals surface area contributed by atoms with E-state index in [0.29, 0.717) is 24.5 Å². The number of thiazole rings is 1. The molecule has 1 aliphatic rings. The molecule has 9 heteroatoms. The van der Waals surface area contributed by atoms with Crippen molar-refractivity contribution in [1.29, 1.82) is 0 Å². The van der Waals surface area contributed by atoms with Crippen LogP contribution in [0.2, 0.25) is 0 Å². The van der Waals surface area contributed by atoms with Crippen LogP contribution in [0, 0.1) is 0 Å². The van der Waals surface area contributed by atoms with E-state index in [0.717, 1.165) is 33.6 Å². The topological polar surface area (TPSA) is 88.6 Å². The fraction of sp³-hybridized carbons (Fsp3) is 0.200. The van der Waals surface area contributed by atoms with Gasteiger partial charge in [0.1, 0.15) is 10.8 Å². The van der Waals surface area contributed by atoms with Crippen molar-refractivity contribution in [2.45, 2.75) is 17.7 Å². The van der Waals surface area contributed by atoms with Crippen molar-refractivity contribution < 1.29 is 17.9 Å². The fourth-order valence-electron chi connectivity index (χ4n) is 3.91.